The highest BCUT2D eigenvalue weighted by Crippen LogP contribution is 2.26. The second kappa shape index (κ2) is 6.51. The van der Waals surface area contributed by atoms with Crippen molar-refractivity contribution in [2.45, 2.75) is 32.8 Å². The molecule has 0 aliphatic carbocycles. The van der Waals surface area contributed by atoms with E-state index >= 15 is 0 Å². The van der Waals surface area contributed by atoms with E-state index in [0.717, 1.165) is 26.1 Å². The van der Waals surface area contributed by atoms with E-state index in [0.29, 0.717) is 0 Å². The summed E-state index contributed by atoms with van der Waals surface area (Å²) in [6.45, 7) is 5.74. The molecule has 0 atom stereocenters. The fourth-order valence-corrected chi connectivity index (χ4v) is 2.81. The molecule has 1 fully saturated rings. The number of aryl methyl sites for hydroxylation is 2. The van der Waals surface area contributed by atoms with Crippen molar-refractivity contribution in [3.8, 4) is 0 Å². The highest BCUT2D eigenvalue weighted by Gasteiger charge is 2.08. The highest BCUT2D eigenvalue weighted by molar-refractivity contribution is 6.07. The van der Waals surface area contributed by atoms with Gasteiger partial charge in [-0.25, -0.2) is 0 Å². The van der Waals surface area contributed by atoms with Crippen LogP contribution in [0.5, 0.6) is 0 Å². The number of ether oxygens (including phenoxy) is 1. The summed E-state index contributed by atoms with van der Waals surface area (Å²) >= 11 is 0. The second-order valence-corrected chi connectivity index (χ2v) is 6.07. The summed E-state index contributed by atoms with van der Waals surface area (Å²) in [6, 6.07) is 13.1. The van der Waals surface area contributed by atoms with Gasteiger partial charge in [-0.3, -0.25) is 0 Å². The molecule has 0 unspecified atom stereocenters. The second-order valence-electron chi connectivity index (χ2n) is 6.07. The molecule has 3 aromatic rings. The quantitative estimate of drug-likeness (QED) is 0.656. The van der Waals surface area contributed by atoms with Crippen LogP contribution in [0.1, 0.15) is 24.0 Å². The van der Waals surface area contributed by atoms with E-state index in [2.05, 4.69) is 55.2 Å². The van der Waals surface area contributed by atoms with Crippen molar-refractivity contribution in [2.24, 2.45) is 0 Å². The minimum Gasteiger partial charge on any atom is -0.393 e. The van der Waals surface area contributed by atoms with E-state index < -0.39 is 0 Å². The number of aromatic amines is 1. The summed E-state index contributed by atoms with van der Waals surface area (Å²) in [6.07, 6.45) is 1.55. The molecule has 1 aromatic heterocycles. The van der Waals surface area contributed by atoms with Gasteiger partial charge < -0.3 is 14.8 Å². The zero-order valence-corrected chi connectivity index (χ0v) is 13.2. The molecule has 4 rings (SSSR count). The molecule has 0 amide bonds. The molecule has 0 bridgehead atoms. The SMILES string of the molecule is Cc1ccc2[nH]c3ccc(C)cc3c2c1.OC1CCOCC1. The number of aliphatic hydroxyl groups excluding tert-OH is 1. The van der Waals surface area contributed by atoms with Crippen molar-refractivity contribution < 1.29 is 9.84 Å². The summed E-state index contributed by atoms with van der Waals surface area (Å²) in [5.74, 6) is 0. The lowest BCUT2D eigenvalue weighted by Crippen LogP contribution is -2.19. The smallest absolute Gasteiger partial charge is 0.0584 e. The van der Waals surface area contributed by atoms with Crippen LogP contribution in [0.2, 0.25) is 0 Å². The molecule has 116 valence electrons. The molecule has 3 heteroatoms. The summed E-state index contributed by atoms with van der Waals surface area (Å²) in [5, 5.41) is 11.5. The van der Waals surface area contributed by atoms with Gasteiger partial charge in [0.15, 0.2) is 0 Å². The van der Waals surface area contributed by atoms with Gasteiger partial charge in [0.25, 0.3) is 0 Å². The van der Waals surface area contributed by atoms with Crippen LogP contribution in [-0.4, -0.2) is 29.4 Å². The minimum atomic E-state index is -0.0891. The van der Waals surface area contributed by atoms with Gasteiger partial charge in [-0.2, -0.15) is 0 Å². The van der Waals surface area contributed by atoms with Crippen molar-refractivity contribution in [1.82, 2.24) is 4.98 Å². The minimum absolute atomic E-state index is 0.0891. The Morgan fingerprint density at radius 3 is 1.82 bits per heavy atom. The third-order valence-electron chi connectivity index (χ3n) is 4.10. The van der Waals surface area contributed by atoms with Gasteiger partial charge in [0, 0.05) is 35.0 Å². The molecule has 3 nitrogen and oxygen atoms in total. The number of H-pyrrole nitrogens is 1. The Hall–Kier alpha value is -1.84. The zero-order valence-electron chi connectivity index (χ0n) is 13.2. The van der Waals surface area contributed by atoms with Crippen LogP contribution >= 0.6 is 0 Å². The first kappa shape index (κ1) is 15.1. The predicted molar refractivity (Wildman–Crippen MR) is 91.3 cm³/mol. The van der Waals surface area contributed by atoms with E-state index in [-0.39, 0.29) is 6.10 Å². The highest BCUT2D eigenvalue weighted by atomic mass is 16.5. The van der Waals surface area contributed by atoms with Gasteiger partial charge in [-0.15, -0.1) is 0 Å². The van der Waals surface area contributed by atoms with Crippen molar-refractivity contribution in [2.75, 3.05) is 13.2 Å². The molecule has 22 heavy (non-hydrogen) atoms. The van der Waals surface area contributed by atoms with Crippen molar-refractivity contribution in [3.05, 3.63) is 47.5 Å². The Labute approximate surface area is 130 Å². The third-order valence-corrected chi connectivity index (χ3v) is 4.10. The lowest BCUT2D eigenvalue weighted by Gasteiger charge is -2.15. The van der Waals surface area contributed by atoms with Crippen LogP contribution in [0, 0.1) is 13.8 Å². The van der Waals surface area contributed by atoms with Crippen molar-refractivity contribution in [3.63, 3.8) is 0 Å². The molecule has 0 spiro atoms. The van der Waals surface area contributed by atoms with E-state index in [1.54, 1.807) is 0 Å². The van der Waals surface area contributed by atoms with Gasteiger partial charge in [0.1, 0.15) is 0 Å². The molecule has 0 radical (unpaired) electrons. The fourth-order valence-electron chi connectivity index (χ4n) is 2.81. The van der Waals surface area contributed by atoms with Gasteiger partial charge in [-0.05, 0) is 51.0 Å². The van der Waals surface area contributed by atoms with Crippen molar-refractivity contribution >= 4 is 21.8 Å². The number of hydrogen-bond acceptors (Lipinski definition) is 2. The molecule has 2 N–H and O–H groups in total. The first-order valence-corrected chi connectivity index (χ1v) is 7.88. The molecule has 2 heterocycles. The van der Waals surface area contributed by atoms with E-state index in [4.69, 9.17) is 9.84 Å². The Balaban J connectivity index is 0.000000174. The Kier molecular flexibility index (Phi) is 4.46. The Morgan fingerprint density at radius 2 is 1.41 bits per heavy atom. The summed E-state index contributed by atoms with van der Waals surface area (Å²) in [5.41, 5.74) is 5.07. The first-order chi connectivity index (χ1) is 10.6. The van der Waals surface area contributed by atoms with Crippen LogP contribution in [0.4, 0.5) is 0 Å². The number of rotatable bonds is 0. The van der Waals surface area contributed by atoms with Gasteiger partial charge >= 0.3 is 0 Å². The molecule has 1 aliphatic heterocycles. The Morgan fingerprint density at radius 1 is 0.909 bits per heavy atom. The van der Waals surface area contributed by atoms with E-state index in [9.17, 15) is 0 Å². The molecule has 2 aromatic carbocycles. The standard InChI is InChI=1S/C14H13N.C5H10O2/c1-9-3-5-13-11(7-9)12-8-10(2)4-6-14(12)15-13;6-5-1-3-7-4-2-5/h3-8,15H,1-2H3;5-6H,1-4H2. The molecule has 0 saturated carbocycles. The maximum Gasteiger partial charge on any atom is 0.0584 e. The number of hydrogen-bond donors (Lipinski definition) is 2. The van der Waals surface area contributed by atoms with Crippen LogP contribution in [0.3, 0.4) is 0 Å². The summed E-state index contributed by atoms with van der Waals surface area (Å²) in [4.78, 5) is 3.43. The van der Waals surface area contributed by atoms with Gasteiger partial charge in [-0.1, -0.05) is 23.3 Å². The van der Waals surface area contributed by atoms with E-state index in [1.165, 1.54) is 32.9 Å². The average molecular weight is 297 g/mol. The topological polar surface area (TPSA) is 45.2 Å². The average Bonchev–Trinajstić information content (AvgIpc) is 2.86. The Bertz CT molecular complexity index is 713. The van der Waals surface area contributed by atoms with Gasteiger partial charge in [0.05, 0.1) is 6.10 Å². The fraction of sp³-hybridized carbons (Fsp3) is 0.368. The number of benzene rings is 2. The van der Waals surface area contributed by atoms with Crippen molar-refractivity contribution in [1.29, 1.82) is 0 Å². The van der Waals surface area contributed by atoms with Crippen LogP contribution < -0.4 is 0 Å². The van der Waals surface area contributed by atoms with Gasteiger partial charge in [0.2, 0.25) is 0 Å². The third kappa shape index (κ3) is 3.32. The maximum absolute atomic E-state index is 8.83. The van der Waals surface area contributed by atoms with E-state index in [1.807, 2.05) is 0 Å². The monoisotopic (exact) mass is 297 g/mol. The number of fused-ring (bicyclic) bond motifs is 3. The lowest BCUT2D eigenvalue weighted by molar-refractivity contribution is 0.0140. The summed E-state index contributed by atoms with van der Waals surface area (Å²) in [7, 11) is 0. The number of aliphatic hydroxyl groups is 1. The zero-order chi connectivity index (χ0) is 15.5. The van der Waals surface area contributed by atoms with Crippen LogP contribution in [-0.2, 0) is 4.74 Å². The molecule has 1 aliphatic rings. The normalized spacial score (nSPS) is 15.8. The molecular weight excluding hydrogens is 274 g/mol. The van der Waals surface area contributed by atoms with Crippen LogP contribution in [0.25, 0.3) is 21.8 Å². The summed E-state index contributed by atoms with van der Waals surface area (Å²) < 4.78 is 4.98. The largest absolute Gasteiger partial charge is 0.393 e. The maximum atomic E-state index is 8.83. The lowest BCUT2D eigenvalue weighted by atomic mass is 10.1. The number of nitrogens with one attached hydrogen (secondary N) is 1. The van der Waals surface area contributed by atoms with Crippen LogP contribution in [0.15, 0.2) is 36.4 Å². The molecule has 1 saturated heterocycles. The number of aromatic nitrogens is 1. The molecular formula is C19H23NO2. The predicted octanol–water partition coefficient (Wildman–Crippen LogP) is 4.10. The first-order valence-electron chi connectivity index (χ1n) is 7.88.